The maximum atomic E-state index is 12.7. The van der Waals surface area contributed by atoms with Gasteiger partial charge >= 0.3 is 17.9 Å². The number of ether oxygens (including phenoxy) is 3. The zero-order valence-corrected chi connectivity index (χ0v) is 36.8. The average molecular weight is 793 g/mol. The number of hydrogen-bond donors (Lipinski definition) is 0. The van der Waals surface area contributed by atoms with Gasteiger partial charge in [-0.3, -0.25) is 14.4 Å². The van der Waals surface area contributed by atoms with Gasteiger partial charge < -0.3 is 14.2 Å². The van der Waals surface area contributed by atoms with Gasteiger partial charge in [0, 0.05) is 19.3 Å². The minimum absolute atomic E-state index is 0.101. The van der Waals surface area contributed by atoms with Crippen LogP contribution in [0.4, 0.5) is 0 Å². The Hall–Kier alpha value is -3.41. The predicted molar refractivity (Wildman–Crippen MR) is 242 cm³/mol. The van der Waals surface area contributed by atoms with Gasteiger partial charge in [-0.1, -0.05) is 183 Å². The van der Waals surface area contributed by atoms with Crippen molar-refractivity contribution in [1.29, 1.82) is 0 Å². The van der Waals surface area contributed by atoms with Gasteiger partial charge in [-0.25, -0.2) is 0 Å². The normalized spacial score (nSPS) is 12.8. The monoisotopic (exact) mass is 793 g/mol. The van der Waals surface area contributed by atoms with Crippen molar-refractivity contribution in [2.75, 3.05) is 13.2 Å². The number of allylic oxidation sites excluding steroid dienone is 14. The lowest BCUT2D eigenvalue weighted by Gasteiger charge is -2.18. The Morgan fingerprint density at radius 1 is 0.368 bits per heavy atom. The third-order valence-corrected chi connectivity index (χ3v) is 9.49. The molecule has 0 fully saturated rings. The quantitative estimate of drug-likeness (QED) is 0.0202. The molecule has 0 radical (unpaired) electrons. The van der Waals surface area contributed by atoms with Crippen LogP contribution >= 0.6 is 0 Å². The fourth-order valence-electron chi connectivity index (χ4n) is 6.02. The largest absolute Gasteiger partial charge is 0.462 e. The summed E-state index contributed by atoms with van der Waals surface area (Å²) in [6.45, 7) is 6.29. The van der Waals surface area contributed by atoms with Crippen LogP contribution in [0.2, 0.25) is 0 Å². The summed E-state index contributed by atoms with van der Waals surface area (Å²) in [6.07, 6.45) is 57.1. The van der Waals surface area contributed by atoms with Gasteiger partial charge in [0.2, 0.25) is 0 Å². The van der Waals surface area contributed by atoms with Crippen molar-refractivity contribution in [3.8, 4) is 0 Å². The Morgan fingerprint density at radius 3 is 1.12 bits per heavy atom. The molecule has 0 bridgehead atoms. The third-order valence-electron chi connectivity index (χ3n) is 9.49. The second kappa shape index (κ2) is 45.3. The summed E-state index contributed by atoms with van der Waals surface area (Å²) < 4.78 is 16.7. The van der Waals surface area contributed by atoms with Crippen molar-refractivity contribution in [3.63, 3.8) is 0 Å². The summed E-state index contributed by atoms with van der Waals surface area (Å²) in [5.74, 6) is -0.964. The van der Waals surface area contributed by atoms with Gasteiger partial charge in [0.05, 0.1) is 0 Å². The van der Waals surface area contributed by atoms with E-state index in [0.29, 0.717) is 19.3 Å². The fraction of sp³-hybridized carbons (Fsp3) is 0.667. The molecule has 0 spiro atoms. The summed E-state index contributed by atoms with van der Waals surface area (Å²) in [5, 5.41) is 0. The van der Waals surface area contributed by atoms with Gasteiger partial charge in [-0.2, -0.15) is 0 Å². The van der Waals surface area contributed by atoms with Crippen molar-refractivity contribution >= 4 is 17.9 Å². The van der Waals surface area contributed by atoms with E-state index in [1.807, 2.05) is 6.08 Å². The predicted octanol–water partition coefficient (Wildman–Crippen LogP) is 14.9. The molecule has 0 aromatic rings. The Balaban J connectivity index is 4.48. The molecule has 0 aromatic heterocycles. The highest BCUT2D eigenvalue weighted by molar-refractivity contribution is 5.71. The van der Waals surface area contributed by atoms with Crippen LogP contribution in [0.25, 0.3) is 0 Å². The number of unbranched alkanes of at least 4 members (excludes halogenated alkanes) is 19. The van der Waals surface area contributed by atoms with E-state index in [4.69, 9.17) is 14.2 Å². The van der Waals surface area contributed by atoms with Crippen LogP contribution in [-0.2, 0) is 28.6 Å². The van der Waals surface area contributed by atoms with Crippen LogP contribution in [0.15, 0.2) is 85.1 Å². The molecule has 324 valence electrons. The Morgan fingerprint density at radius 2 is 0.702 bits per heavy atom. The zero-order chi connectivity index (χ0) is 41.5. The zero-order valence-electron chi connectivity index (χ0n) is 36.8. The molecule has 0 aliphatic carbocycles. The van der Waals surface area contributed by atoms with Crippen LogP contribution in [0.1, 0.15) is 201 Å². The first kappa shape index (κ1) is 53.6. The first-order valence-corrected chi connectivity index (χ1v) is 23.2. The molecular formula is C51H84O6. The molecule has 0 saturated heterocycles. The van der Waals surface area contributed by atoms with Gasteiger partial charge in [0.1, 0.15) is 13.2 Å². The lowest BCUT2D eigenvalue weighted by molar-refractivity contribution is -0.167. The molecule has 0 heterocycles. The smallest absolute Gasteiger partial charge is 0.306 e. The van der Waals surface area contributed by atoms with Gasteiger partial charge in [-0.05, 0) is 83.5 Å². The van der Waals surface area contributed by atoms with Gasteiger partial charge in [-0.15, -0.1) is 0 Å². The summed E-state index contributed by atoms with van der Waals surface area (Å²) >= 11 is 0. The lowest BCUT2D eigenvalue weighted by Crippen LogP contribution is -2.30. The van der Waals surface area contributed by atoms with Gasteiger partial charge in [0.25, 0.3) is 0 Å². The Kier molecular flexibility index (Phi) is 42.6. The SMILES string of the molecule is CC/C=C/C=C/C=C/CCCCCCCC(=O)OCC(COC(=O)CCCCC/C=C/CCCCCCCC)OC(=O)CCCCCCC/C=C/C=C/C=C/CC. The fourth-order valence-corrected chi connectivity index (χ4v) is 6.02. The van der Waals surface area contributed by atoms with E-state index >= 15 is 0 Å². The van der Waals surface area contributed by atoms with E-state index in [0.717, 1.165) is 122 Å². The molecular weight excluding hydrogens is 709 g/mol. The maximum Gasteiger partial charge on any atom is 0.306 e. The highest BCUT2D eigenvalue weighted by Gasteiger charge is 2.19. The minimum atomic E-state index is -0.800. The highest BCUT2D eigenvalue weighted by atomic mass is 16.6. The number of rotatable bonds is 40. The van der Waals surface area contributed by atoms with E-state index in [-0.39, 0.29) is 31.1 Å². The second-order valence-corrected chi connectivity index (χ2v) is 15.0. The first-order valence-electron chi connectivity index (χ1n) is 23.2. The molecule has 57 heavy (non-hydrogen) atoms. The highest BCUT2D eigenvalue weighted by Crippen LogP contribution is 2.13. The third kappa shape index (κ3) is 43.6. The molecule has 0 rings (SSSR count). The molecule has 1 atom stereocenters. The first-order chi connectivity index (χ1) is 28.0. The molecule has 0 saturated carbocycles. The Bertz CT molecular complexity index is 1140. The molecule has 0 amide bonds. The number of esters is 3. The van der Waals surface area contributed by atoms with Crippen molar-refractivity contribution < 1.29 is 28.6 Å². The Labute approximate surface area is 350 Å². The van der Waals surface area contributed by atoms with E-state index in [1.165, 1.54) is 38.5 Å². The summed E-state index contributed by atoms with van der Waals surface area (Å²) in [4.78, 5) is 37.8. The summed E-state index contributed by atoms with van der Waals surface area (Å²) in [7, 11) is 0. The van der Waals surface area contributed by atoms with E-state index in [9.17, 15) is 14.4 Å². The summed E-state index contributed by atoms with van der Waals surface area (Å²) in [5.41, 5.74) is 0. The number of hydrogen-bond acceptors (Lipinski definition) is 6. The molecule has 0 aliphatic rings. The van der Waals surface area contributed by atoms with Crippen molar-refractivity contribution in [3.05, 3.63) is 85.1 Å². The van der Waals surface area contributed by atoms with Crippen LogP contribution in [-0.4, -0.2) is 37.2 Å². The average Bonchev–Trinajstić information content (AvgIpc) is 3.21. The molecule has 0 N–H and O–H groups in total. The van der Waals surface area contributed by atoms with E-state index in [2.05, 4.69) is 99.8 Å². The van der Waals surface area contributed by atoms with Crippen molar-refractivity contribution in [1.82, 2.24) is 0 Å². The standard InChI is InChI=1S/C51H84O6/c1-4-7-10-13-16-19-22-25-28-31-34-37-40-43-49(52)55-46-48(57-51(54)45-42-39-36-33-30-27-24-21-18-15-12-9-6-3)47-56-50(53)44-41-38-35-32-29-26-23-20-17-14-11-8-5-2/h7,9-10,12-13,15-16,18-19,21-22,24,26,29,48H,4-6,8,11,14,17,20,23,25,27-28,30-47H2,1-3H3/b10-7+,12-9+,16-13+,18-15+,22-19+,24-21+,29-26+. The molecule has 6 heteroatoms. The summed E-state index contributed by atoms with van der Waals surface area (Å²) in [6, 6.07) is 0. The van der Waals surface area contributed by atoms with Crippen LogP contribution in [0, 0.1) is 0 Å². The van der Waals surface area contributed by atoms with Gasteiger partial charge in [0.15, 0.2) is 6.10 Å². The maximum absolute atomic E-state index is 12.7. The van der Waals surface area contributed by atoms with Crippen LogP contribution in [0.3, 0.4) is 0 Å². The molecule has 1 unspecified atom stereocenters. The molecule has 0 aliphatic heterocycles. The van der Waals surface area contributed by atoms with Crippen LogP contribution < -0.4 is 0 Å². The molecule has 0 aromatic carbocycles. The minimum Gasteiger partial charge on any atom is -0.462 e. The topological polar surface area (TPSA) is 78.9 Å². The molecule has 6 nitrogen and oxygen atoms in total. The number of carbonyl (C=O) groups excluding carboxylic acids is 3. The lowest BCUT2D eigenvalue weighted by atomic mass is 10.1. The van der Waals surface area contributed by atoms with Crippen molar-refractivity contribution in [2.45, 2.75) is 207 Å². The van der Waals surface area contributed by atoms with E-state index < -0.39 is 6.10 Å². The van der Waals surface area contributed by atoms with Crippen LogP contribution in [0.5, 0.6) is 0 Å². The second-order valence-electron chi connectivity index (χ2n) is 15.0. The van der Waals surface area contributed by atoms with E-state index in [1.54, 1.807) is 0 Å². The number of carbonyl (C=O) groups is 3. The van der Waals surface area contributed by atoms with Crippen molar-refractivity contribution in [2.24, 2.45) is 0 Å².